The molecule has 2 aromatic carbocycles. The summed E-state index contributed by atoms with van der Waals surface area (Å²) in [4.78, 5) is 15.8. The van der Waals surface area contributed by atoms with Crippen molar-refractivity contribution < 1.29 is 4.79 Å². The van der Waals surface area contributed by atoms with Gasteiger partial charge in [0.15, 0.2) is 5.78 Å². The van der Waals surface area contributed by atoms with Crippen molar-refractivity contribution in [3.8, 4) is 0 Å². The number of ketones is 1. The van der Waals surface area contributed by atoms with Gasteiger partial charge in [0.2, 0.25) is 0 Å². The van der Waals surface area contributed by atoms with Crippen LogP contribution in [0.2, 0.25) is 5.02 Å². The average Bonchev–Trinajstić information content (AvgIpc) is 2.89. The van der Waals surface area contributed by atoms with Crippen molar-refractivity contribution in [2.75, 3.05) is 0 Å². The van der Waals surface area contributed by atoms with Crippen LogP contribution in [0.25, 0.3) is 10.9 Å². The van der Waals surface area contributed by atoms with Gasteiger partial charge in [0, 0.05) is 33.2 Å². The van der Waals surface area contributed by atoms with Crippen molar-refractivity contribution in [1.82, 2.24) is 4.98 Å². The van der Waals surface area contributed by atoms with Crippen LogP contribution in [0.3, 0.4) is 0 Å². The number of rotatable bonds is 3. The second kappa shape index (κ2) is 5.38. The van der Waals surface area contributed by atoms with Crippen molar-refractivity contribution in [2.45, 2.75) is 19.8 Å². The van der Waals surface area contributed by atoms with Crippen molar-refractivity contribution in [2.24, 2.45) is 0 Å². The lowest BCUT2D eigenvalue weighted by Gasteiger charge is -2.06. The van der Waals surface area contributed by atoms with Crippen LogP contribution >= 0.6 is 11.6 Å². The zero-order valence-electron chi connectivity index (χ0n) is 12.0. The minimum Gasteiger partial charge on any atom is -0.360 e. The lowest BCUT2D eigenvalue weighted by atomic mass is 9.98. The molecule has 0 saturated carbocycles. The van der Waals surface area contributed by atoms with E-state index in [0.717, 1.165) is 10.9 Å². The van der Waals surface area contributed by atoms with E-state index in [2.05, 4.69) is 18.8 Å². The predicted molar refractivity (Wildman–Crippen MR) is 87.3 cm³/mol. The van der Waals surface area contributed by atoms with Gasteiger partial charge in [0.1, 0.15) is 0 Å². The van der Waals surface area contributed by atoms with Gasteiger partial charge in [-0.3, -0.25) is 4.79 Å². The smallest absolute Gasteiger partial charge is 0.195 e. The quantitative estimate of drug-likeness (QED) is 0.664. The second-order valence-corrected chi connectivity index (χ2v) is 5.93. The van der Waals surface area contributed by atoms with E-state index in [0.29, 0.717) is 22.1 Å². The number of aromatic amines is 1. The molecule has 0 bridgehead atoms. The van der Waals surface area contributed by atoms with Crippen LogP contribution in [0.5, 0.6) is 0 Å². The number of benzene rings is 2. The van der Waals surface area contributed by atoms with Crippen molar-refractivity contribution in [1.29, 1.82) is 0 Å². The van der Waals surface area contributed by atoms with Gasteiger partial charge in [0.05, 0.1) is 0 Å². The first kappa shape index (κ1) is 13.9. The maximum atomic E-state index is 12.7. The predicted octanol–water partition coefficient (Wildman–Crippen LogP) is 5.18. The fourth-order valence-corrected chi connectivity index (χ4v) is 2.63. The molecule has 0 aliphatic carbocycles. The van der Waals surface area contributed by atoms with Gasteiger partial charge in [-0.2, -0.15) is 0 Å². The van der Waals surface area contributed by atoms with E-state index in [1.54, 1.807) is 6.20 Å². The van der Waals surface area contributed by atoms with Gasteiger partial charge >= 0.3 is 0 Å². The monoisotopic (exact) mass is 297 g/mol. The topological polar surface area (TPSA) is 32.9 Å². The largest absolute Gasteiger partial charge is 0.360 e. The summed E-state index contributed by atoms with van der Waals surface area (Å²) in [7, 11) is 0. The number of fused-ring (bicyclic) bond motifs is 1. The Kier molecular flexibility index (Phi) is 3.56. The highest BCUT2D eigenvalue weighted by molar-refractivity contribution is 6.31. The Morgan fingerprint density at radius 3 is 2.48 bits per heavy atom. The standard InChI is InChI=1S/C18H16ClNO/c1-11(2)12-3-5-13(6-4-12)18(21)16-10-20-17-8-7-14(19)9-15(16)17/h3-11,20H,1-2H3. The molecule has 3 heteroatoms. The van der Waals surface area contributed by atoms with Crippen molar-refractivity contribution in [3.05, 3.63) is 70.4 Å². The van der Waals surface area contributed by atoms with Gasteiger partial charge in [-0.15, -0.1) is 0 Å². The fraction of sp³-hybridized carbons (Fsp3) is 0.167. The Balaban J connectivity index is 2.02. The van der Waals surface area contributed by atoms with Crippen LogP contribution in [-0.2, 0) is 0 Å². The fourth-order valence-electron chi connectivity index (χ4n) is 2.46. The van der Waals surface area contributed by atoms with E-state index >= 15 is 0 Å². The van der Waals surface area contributed by atoms with Crippen LogP contribution in [0.4, 0.5) is 0 Å². The molecule has 3 rings (SSSR count). The first-order valence-corrected chi connectivity index (χ1v) is 7.35. The summed E-state index contributed by atoms with van der Waals surface area (Å²) in [5.41, 5.74) is 3.50. The van der Waals surface area contributed by atoms with Crippen molar-refractivity contribution in [3.63, 3.8) is 0 Å². The van der Waals surface area contributed by atoms with Crippen LogP contribution in [-0.4, -0.2) is 10.8 Å². The molecule has 2 nitrogen and oxygen atoms in total. The summed E-state index contributed by atoms with van der Waals surface area (Å²) in [5.74, 6) is 0.472. The molecule has 21 heavy (non-hydrogen) atoms. The maximum absolute atomic E-state index is 12.7. The lowest BCUT2D eigenvalue weighted by Crippen LogP contribution is -2.00. The minimum absolute atomic E-state index is 0.0128. The Hall–Kier alpha value is -2.06. The first-order valence-electron chi connectivity index (χ1n) is 6.97. The van der Waals surface area contributed by atoms with Crippen molar-refractivity contribution >= 4 is 28.3 Å². The molecular formula is C18H16ClNO. The third-order valence-corrected chi connectivity index (χ3v) is 3.96. The Morgan fingerprint density at radius 1 is 1.10 bits per heavy atom. The van der Waals surface area contributed by atoms with Gasteiger partial charge in [-0.1, -0.05) is 49.7 Å². The summed E-state index contributed by atoms with van der Waals surface area (Å²) in [6.07, 6.45) is 1.75. The number of aromatic nitrogens is 1. The highest BCUT2D eigenvalue weighted by Gasteiger charge is 2.14. The van der Waals surface area contributed by atoms with Crippen LogP contribution in [0.15, 0.2) is 48.7 Å². The summed E-state index contributed by atoms with van der Waals surface area (Å²) >= 11 is 6.03. The first-order chi connectivity index (χ1) is 10.1. The van der Waals surface area contributed by atoms with E-state index in [-0.39, 0.29) is 5.78 Å². The molecule has 0 atom stereocenters. The molecule has 0 radical (unpaired) electrons. The molecule has 1 aromatic heterocycles. The van der Waals surface area contributed by atoms with E-state index in [9.17, 15) is 4.79 Å². The number of hydrogen-bond donors (Lipinski definition) is 1. The van der Waals surface area contributed by atoms with Gasteiger partial charge in [0.25, 0.3) is 0 Å². The molecule has 0 amide bonds. The summed E-state index contributed by atoms with van der Waals surface area (Å²) < 4.78 is 0. The van der Waals surface area contributed by atoms with Crippen LogP contribution < -0.4 is 0 Å². The normalized spacial score (nSPS) is 11.2. The van der Waals surface area contributed by atoms with E-state index in [1.165, 1.54) is 5.56 Å². The Labute approximate surface area is 128 Å². The maximum Gasteiger partial charge on any atom is 0.195 e. The third-order valence-electron chi connectivity index (χ3n) is 3.73. The highest BCUT2D eigenvalue weighted by Crippen LogP contribution is 2.25. The molecule has 0 spiro atoms. The summed E-state index contributed by atoms with van der Waals surface area (Å²) in [5, 5.41) is 1.49. The number of hydrogen-bond acceptors (Lipinski definition) is 1. The molecule has 0 aliphatic rings. The average molecular weight is 298 g/mol. The zero-order chi connectivity index (χ0) is 15.0. The second-order valence-electron chi connectivity index (χ2n) is 5.50. The van der Waals surface area contributed by atoms with Gasteiger partial charge in [-0.05, 0) is 29.7 Å². The van der Waals surface area contributed by atoms with Crippen LogP contribution in [0, 0.1) is 0 Å². The molecule has 3 aromatic rings. The SMILES string of the molecule is CC(C)c1ccc(C(=O)c2c[nH]c3ccc(Cl)cc23)cc1. The zero-order valence-corrected chi connectivity index (χ0v) is 12.7. The number of H-pyrrole nitrogens is 1. The number of nitrogens with one attached hydrogen (secondary N) is 1. The molecule has 1 N–H and O–H groups in total. The molecule has 0 unspecified atom stereocenters. The third kappa shape index (κ3) is 2.59. The minimum atomic E-state index is 0.0128. The Morgan fingerprint density at radius 2 is 1.81 bits per heavy atom. The van der Waals surface area contributed by atoms with Gasteiger partial charge < -0.3 is 4.98 Å². The van der Waals surface area contributed by atoms with Gasteiger partial charge in [-0.25, -0.2) is 0 Å². The number of halogens is 1. The molecule has 0 fully saturated rings. The lowest BCUT2D eigenvalue weighted by molar-refractivity contribution is 0.104. The van der Waals surface area contributed by atoms with E-state index in [1.807, 2.05) is 42.5 Å². The number of carbonyl (C=O) groups excluding carboxylic acids is 1. The molecule has 0 aliphatic heterocycles. The van der Waals surface area contributed by atoms with E-state index in [4.69, 9.17) is 11.6 Å². The molecule has 0 saturated heterocycles. The molecular weight excluding hydrogens is 282 g/mol. The Bertz CT molecular complexity index is 800. The van der Waals surface area contributed by atoms with Crippen LogP contribution in [0.1, 0.15) is 41.3 Å². The molecule has 1 heterocycles. The highest BCUT2D eigenvalue weighted by atomic mass is 35.5. The summed E-state index contributed by atoms with van der Waals surface area (Å²) in [6, 6.07) is 13.3. The number of carbonyl (C=O) groups is 1. The summed E-state index contributed by atoms with van der Waals surface area (Å²) in [6.45, 7) is 4.27. The van der Waals surface area contributed by atoms with E-state index < -0.39 is 0 Å². The molecule has 106 valence electrons.